The molecule has 0 aliphatic carbocycles. The predicted molar refractivity (Wildman–Crippen MR) is 105 cm³/mol. The number of rotatable bonds is 6. The van der Waals surface area contributed by atoms with Gasteiger partial charge in [-0.3, -0.25) is 0 Å². The lowest BCUT2D eigenvalue weighted by atomic mass is 10.2. The van der Waals surface area contributed by atoms with E-state index in [4.69, 9.17) is 4.74 Å². The van der Waals surface area contributed by atoms with Crippen LogP contribution in [0.1, 0.15) is 51.9 Å². The van der Waals surface area contributed by atoms with Crippen LogP contribution in [0.5, 0.6) is 0 Å². The maximum Gasteiger partial charge on any atom is 0.338 e. The lowest BCUT2D eigenvalue weighted by Gasteiger charge is -2.37. The fourth-order valence-corrected chi connectivity index (χ4v) is 8.69. The Labute approximate surface area is 148 Å². The molecular formula is C21H30O2Si. The zero-order valence-corrected chi connectivity index (χ0v) is 16.8. The van der Waals surface area contributed by atoms with E-state index in [-0.39, 0.29) is 12.6 Å². The van der Waals surface area contributed by atoms with E-state index in [1.165, 1.54) is 0 Å². The highest BCUT2D eigenvalue weighted by Crippen LogP contribution is 2.40. The van der Waals surface area contributed by atoms with Gasteiger partial charge in [-0.25, -0.2) is 4.79 Å². The molecule has 0 heterocycles. The minimum absolute atomic E-state index is 0.252. The van der Waals surface area contributed by atoms with Gasteiger partial charge in [0, 0.05) is 0 Å². The fraction of sp³-hybridized carbons (Fsp3) is 0.476. The number of esters is 1. The van der Waals surface area contributed by atoms with Crippen molar-refractivity contribution < 1.29 is 9.53 Å². The van der Waals surface area contributed by atoms with Gasteiger partial charge in [-0.1, -0.05) is 65.7 Å². The van der Waals surface area contributed by atoms with Crippen molar-refractivity contribution in [3.05, 3.63) is 48.0 Å². The van der Waals surface area contributed by atoms with Crippen molar-refractivity contribution in [2.45, 2.75) is 58.2 Å². The van der Waals surface area contributed by atoms with Gasteiger partial charge in [0.1, 0.15) is 14.7 Å². The van der Waals surface area contributed by atoms with E-state index >= 15 is 0 Å². The first-order chi connectivity index (χ1) is 11.3. The van der Waals surface area contributed by atoms with Crippen molar-refractivity contribution in [1.29, 1.82) is 0 Å². The Morgan fingerprint density at radius 2 is 1.58 bits per heavy atom. The quantitative estimate of drug-likeness (QED) is 0.381. The summed E-state index contributed by atoms with van der Waals surface area (Å²) in [6.45, 7) is 14.0. The standard InChI is InChI=1S/C21H30O2Si/c1-17(2)24(18(3)4,19(5)6)16-12-8-11-15-23-21(22)20-13-9-7-10-14-20/h7-11,13-14,17-19H,15H2,1-6H3/b11-8+. The van der Waals surface area contributed by atoms with E-state index in [9.17, 15) is 4.79 Å². The van der Waals surface area contributed by atoms with Gasteiger partial charge in [0.25, 0.3) is 0 Å². The summed E-state index contributed by atoms with van der Waals surface area (Å²) in [7, 11) is -1.68. The molecule has 0 saturated carbocycles. The third kappa shape index (κ3) is 5.11. The lowest BCUT2D eigenvalue weighted by Crippen LogP contribution is -2.43. The first kappa shape index (κ1) is 20.3. The molecule has 0 atom stereocenters. The number of ether oxygens (including phenoxy) is 1. The molecule has 3 heteroatoms. The molecule has 130 valence electrons. The smallest absolute Gasteiger partial charge is 0.338 e. The second-order valence-corrected chi connectivity index (χ2v) is 12.6. The SMILES string of the molecule is CC(C)[Si](C#C/C=C/COC(=O)c1ccccc1)(C(C)C)C(C)C. The van der Waals surface area contributed by atoms with E-state index < -0.39 is 8.07 Å². The third-order valence-electron chi connectivity index (χ3n) is 4.68. The summed E-state index contributed by atoms with van der Waals surface area (Å²) in [6, 6.07) is 9.03. The highest BCUT2D eigenvalue weighted by molar-refractivity contribution is 6.90. The van der Waals surface area contributed by atoms with Crippen LogP contribution in [0.15, 0.2) is 42.5 Å². The van der Waals surface area contributed by atoms with Crippen molar-refractivity contribution in [2.24, 2.45) is 0 Å². The zero-order valence-electron chi connectivity index (χ0n) is 15.8. The molecule has 0 aromatic heterocycles. The molecule has 2 nitrogen and oxygen atoms in total. The van der Waals surface area contributed by atoms with E-state index in [0.717, 1.165) is 0 Å². The second-order valence-electron chi connectivity index (χ2n) is 7.03. The molecule has 0 fully saturated rings. The van der Waals surface area contributed by atoms with Gasteiger partial charge < -0.3 is 4.74 Å². The van der Waals surface area contributed by atoms with Crippen LogP contribution in [-0.4, -0.2) is 20.7 Å². The molecule has 1 aromatic carbocycles. The Morgan fingerprint density at radius 3 is 2.08 bits per heavy atom. The second kappa shape index (κ2) is 9.49. The van der Waals surface area contributed by atoms with Crippen molar-refractivity contribution in [3.8, 4) is 11.5 Å². The lowest BCUT2D eigenvalue weighted by molar-refractivity contribution is 0.0549. The van der Waals surface area contributed by atoms with Crippen molar-refractivity contribution >= 4 is 14.0 Å². The molecule has 1 aromatic rings. The summed E-state index contributed by atoms with van der Waals surface area (Å²) >= 11 is 0. The predicted octanol–water partition coefficient (Wildman–Crippen LogP) is 5.62. The number of hydrogen-bond acceptors (Lipinski definition) is 2. The minimum atomic E-state index is -1.68. The van der Waals surface area contributed by atoms with Crippen LogP contribution in [0, 0.1) is 11.5 Å². The molecule has 0 bridgehead atoms. The first-order valence-electron chi connectivity index (χ1n) is 8.72. The van der Waals surface area contributed by atoms with E-state index in [1.54, 1.807) is 12.1 Å². The van der Waals surface area contributed by atoms with Gasteiger partial charge in [0.2, 0.25) is 0 Å². The average molecular weight is 343 g/mol. The molecule has 0 unspecified atom stereocenters. The Hall–Kier alpha value is -1.79. The Balaban J connectivity index is 2.66. The molecule has 24 heavy (non-hydrogen) atoms. The fourth-order valence-electron chi connectivity index (χ4n) is 3.49. The van der Waals surface area contributed by atoms with Crippen LogP contribution in [0.4, 0.5) is 0 Å². The molecule has 0 aliphatic rings. The number of benzene rings is 1. The highest BCUT2D eigenvalue weighted by Gasteiger charge is 2.41. The number of allylic oxidation sites excluding steroid dienone is 1. The monoisotopic (exact) mass is 342 g/mol. The zero-order chi connectivity index (χ0) is 18.2. The summed E-state index contributed by atoms with van der Waals surface area (Å²) in [5.41, 5.74) is 6.04. The molecule has 0 spiro atoms. The molecule has 0 amide bonds. The number of hydrogen-bond donors (Lipinski definition) is 0. The van der Waals surface area contributed by atoms with E-state index in [0.29, 0.717) is 22.2 Å². The van der Waals surface area contributed by atoms with Gasteiger partial charge >= 0.3 is 5.97 Å². The molecule has 1 rings (SSSR count). The highest BCUT2D eigenvalue weighted by atomic mass is 28.3. The van der Waals surface area contributed by atoms with Gasteiger partial charge in [-0.2, -0.15) is 0 Å². The van der Waals surface area contributed by atoms with Crippen LogP contribution in [0.2, 0.25) is 16.6 Å². The Morgan fingerprint density at radius 1 is 1.04 bits per heavy atom. The van der Waals surface area contributed by atoms with Gasteiger partial charge in [-0.05, 0) is 40.9 Å². The third-order valence-corrected chi connectivity index (χ3v) is 11.0. The Bertz CT molecular complexity index is 582. The minimum Gasteiger partial charge on any atom is -0.458 e. The normalized spacial score (nSPS) is 11.9. The summed E-state index contributed by atoms with van der Waals surface area (Å²) < 4.78 is 5.22. The van der Waals surface area contributed by atoms with Crippen LogP contribution in [0.25, 0.3) is 0 Å². The van der Waals surface area contributed by atoms with Crippen molar-refractivity contribution in [2.75, 3.05) is 6.61 Å². The summed E-state index contributed by atoms with van der Waals surface area (Å²) in [5, 5.41) is 0. The van der Waals surface area contributed by atoms with Crippen LogP contribution in [-0.2, 0) is 4.74 Å². The number of carbonyl (C=O) groups excluding carboxylic acids is 1. The first-order valence-corrected chi connectivity index (χ1v) is 11.0. The molecular weight excluding hydrogens is 312 g/mol. The van der Waals surface area contributed by atoms with Crippen LogP contribution < -0.4 is 0 Å². The van der Waals surface area contributed by atoms with E-state index in [2.05, 4.69) is 53.0 Å². The summed E-state index contributed by atoms with van der Waals surface area (Å²) in [6.07, 6.45) is 3.64. The molecule has 0 N–H and O–H groups in total. The summed E-state index contributed by atoms with van der Waals surface area (Å²) in [4.78, 5) is 11.8. The Kier molecular flexibility index (Phi) is 8.01. The maximum absolute atomic E-state index is 11.8. The van der Waals surface area contributed by atoms with E-state index in [1.807, 2.05) is 30.4 Å². The van der Waals surface area contributed by atoms with Crippen LogP contribution >= 0.6 is 0 Å². The maximum atomic E-state index is 11.8. The van der Waals surface area contributed by atoms with Gasteiger partial charge in [0.15, 0.2) is 0 Å². The topological polar surface area (TPSA) is 26.3 Å². The average Bonchev–Trinajstić information content (AvgIpc) is 2.53. The van der Waals surface area contributed by atoms with Crippen molar-refractivity contribution in [1.82, 2.24) is 0 Å². The van der Waals surface area contributed by atoms with Gasteiger partial charge in [0.05, 0.1) is 5.56 Å². The molecule has 0 saturated heterocycles. The summed E-state index contributed by atoms with van der Waals surface area (Å²) in [5.74, 6) is 2.92. The molecule has 0 radical (unpaired) electrons. The van der Waals surface area contributed by atoms with Crippen molar-refractivity contribution in [3.63, 3.8) is 0 Å². The number of carbonyl (C=O) groups is 1. The molecule has 0 aliphatic heterocycles. The largest absolute Gasteiger partial charge is 0.458 e. The van der Waals surface area contributed by atoms with Gasteiger partial charge in [-0.15, -0.1) is 5.54 Å². The van der Waals surface area contributed by atoms with Crippen LogP contribution in [0.3, 0.4) is 0 Å².